The third kappa shape index (κ3) is 2.52. The van der Waals surface area contributed by atoms with E-state index in [0.29, 0.717) is 17.7 Å². The van der Waals surface area contributed by atoms with Crippen LogP contribution in [0.2, 0.25) is 0 Å². The zero-order chi connectivity index (χ0) is 12.4. The van der Waals surface area contributed by atoms with Gasteiger partial charge in [-0.3, -0.25) is 14.9 Å². The number of carbonyl (C=O) groups excluding carboxylic acids is 2. The maximum Gasteiger partial charge on any atom is 0.286 e. The Morgan fingerprint density at radius 2 is 2.24 bits per heavy atom. The van der Waals surface area contributed by atoms with Crippen LogP contribution in [-0.4, -0.2) is 28.6 Å². The number of phenolic OH excluding ortho intramolecular Hbond substituents is 1. The van der Waals surface area contributed by atoms with Crippen molar-refractivity contribution in [2.75, 3.05) is 7.11 Å². The molecule has 0 saturated carbocycles. The highest BCUT2D eigenvalue weighted by Gasteiger charge is 2.32. The molecular formula is C11H11NO4S. The van der Waals surface area contributed by atoms with Crippen LogP contribution in [0.1, 0.15) is 5.56 Å². The van der Waals surface area contributed by atoms with Crippen LogP contribution in [0.25, 0.3) is 0 Å². The predicted molar refractivity (Wildman–Crippen MR) is 63.3 cm³/mol. The molecule has 1 unspecified atom stereocenters. The van der Waals surface area contributed by atoms with Gasteiger partial charge >= 0.3 is 0 Å². The molecule has 0 aliphatic carbocycles. The molecule has 1 fully saturated rings. The van der Waals surface area contributed by atoms with E-state index in [9.17, 15) is 14.7 Å². The molecule has 0 radical (unpaired) electrons. The van der Waals surface area contributed by atoms with Crippen LogP contribution in [0.3, 0.4) is 0 Å². The SMILES string of the molecule is COc1ccc(CC2SC(=O)NC2=O)c(O)c1. The molecule has 1 heterocycles. The summed E-state index contributed by atoms with van der Waals surface area (Å²) in [4.78, 5) is 22.4. The maximum atomic E-state index is 11.4. The molecule has 1 atom stereocenters. The molecule has 5 nitrogen and oxygen atoms in total. The minimum absolute atomic E-state index is 0.0668. The lowest BCUT2D eigenvalue weighted by Gasteiger charge is -2.08. The normalized spacial score (nSPS) is 19.2. The van der Waals surface area contributed by atoms with Gasteiger partial charge < -0.3 is 9.84 Å². The summed E-state index contributed by atoms with van der Waals surface area (Å²) in [6.45, 7) is 0. The van der Waals surface area contributed by atoms with Crippen molar-refractivity contribution in [3.63, 3.8) is 0 Å². The number of phenols is 1. The van der Waals surface area contributed by atoms with E-state index in [1.807, 2.05) is 0 Å². The number of methoxy groups -OCH3 is 1. The van der Waals surface area contributed by atoms with Crippen molar-refractivity contribution in [2.45, 2.75) is 11.7 Å². The van der Waals surface area contributed by atoms with Crippen LogP contribution in [0.4, 0.5) is 4.79 Å². The van der Waals surface area contributed by atoms with E-state index in [2.05, 4.69) is 5.32 Å². The molecule has 1 aromatic rings. The van der Waals surface area contributed by atoms with Gasteiger partial charge in [0.25, 0.3) is 5.24 Å². The average molecular weight is 253 g/mol. The fourth-order valence-electron chi connectivity index (χ4n) is 1.57. The molecule has 1 aliphatic rings. The van der Waals surface area contributed by atoms with Gasteiger partial charge in [0, 0.05) is 6.07 Å². The van der Waals surface area contributed by atoms with E-state index < -0.39 is 5.25 Å². The average Bonchev–Trinajstić information content (AvgIpc) is 2.60. The van der Waals surface area contributed by atoms with Crippen LogP contribution >= 0.6 is 11.8 Å². The Balaban J connectivity index is 2.14. The number of hydrogen-bond donors (Lipinski definition) is 2. The summed E-state index contributed by atoms with van der Waals surface area (Å²) in [5.74, 6) is 0.304. The van der Waals surface area contributed by atoms with Crippen LogP contribution in [0, 0.1) is 0 Å². The van der Waals surface area contributed by atoms with Gasteiger partial charge in [-0.05, 0) is 18.1 Å². The van der Waals surface area contributed by atoms with E-state index in [0.717, 1.165) is 11.8 Å². The molecule has 1 aliphatic heterocycles. The Hall–Kier alpha value is -1.69. The monoisotopic (exact) mass is 253 g/mol. The first-order valence-electron chi connectivity index (χ1n) is 4.97. The summed E-state index contributed by atoms with van der Waals surface area (Å²) in [5.41, 5.74) is 0.619. The molecule has 2 amide bonds. The van der Waals surface area contributed by atoms with Crippen molar-refractivity contribution in [3.05, 3.63) is 23.8 Å². The van der Waals surface area contributed by atoms with E-state index in [1.165, 1.54) is 13.2 Å². The number of aromatic hydroxyl groups is 1. The molecule has 90 valence electrons. The zero-order valence-corrected chi connectivity index (χ0v) is 9.91. The van der Waals surface area contributed by atoms with Crippen LogP contribution in [0.5, 0.6) is 11.5 Å². The zero-order valence-electron chi connectivity index (χ0n) is 9.10. The van der Waals surface area contributed by atoms with Gasteiger partial charge in [0.15, 0.2) is 0 Å². The second-order valence-corrected chi connectivity index (χ2v) is 4.76. The van der Waals surface area contributed by atoms with Crippen molar-refractivity contribution in [3.8, 4) is 11.5 Å². The summed E-state index contributed by atoms with van der Waals surface area (Å²) in [6.07, 6.45) is 0.318. The molecule has 1 aromatic carbocycles. The highest BCUT2D eigenvalue weighted by atomic mass is 32.2. The van der Waals surface area contributed by atoms with Crippen molar-refractivity contribution in [2.24, 2.45) is 0 Å². The van der Waals surface area contributed by atoms with Crippen molar-refractivity contribution < 1.29 is 19.4 Å². The van der Waals surface area contributed by atoms with Crippen molar-refractivity contribution in [1.29, 1.82) is 0 Å². The van der Waals surface area contributed by atoms with Crippen molar-refractivity contribution in [1.82, 2.24) is 5.32 Å². The number of nitrogens with one attached hydrogen (secondary N) is 1. The predicted octanol–water partition coefficient (Wildman–Crippen LogP) is 1.29. The molecule has 0 aromatic heterocycles. The second kappa shape index (κ2) is 4.67. The van der Waals surface area contributed by atoms with E-state index in [1.54, 1.807) is 12.1 Å². The standard InChI is InChI=1S/C11H11NO4S/c1-16-7-3-2-6(8(13)5-7)4-9-10(14)12-11(15)17-9/h2-3,5,9,13H,4H2,1H3,(H,12,14,15). The number of ether oxygens (including phenoxy) is 1. The van der Waals surface area contributed by atoms with E-state index in [-0.39, 0.29) is 16.9 Å². The Bertz CT molecular complexity index is 475. The third-order valence-corrected chi connectivity index (χ3v) is 3.45. The van der Waals surface area contributed by atoms with Gasteiger partial charge in [-0.15, -0.1) is 0 Å². The third-order valence-electron chi connectivity index (χ3n) is 2.46. The number of rotatable bonds is 3. The summed E-state index contributed by atoms with van der Waals surface area (Å²) in [5, 5.41) is 11.1. The van der Waals surface area contributed by atoms with Gasteiger partial charge in [-0.25, -0.2) is 0 Å². The van der Waals surface area contributed by atoms with E-state index in [4.69, 9.17) is 4.74 Å². The van der Waals surface area contributed by atoms with Gasteiger partial charge in [0.1, 0.15) is 11.5 Å². The number of benzene rings is 1. The smallest absolute Gasteiger partial charge is 0.286 e. The summed E-state index contributed by atoms with van der Waals surface area (Å²) in [6, 6.07) is 4.87. The Morgan fingerprint density at radius 1 is 1.47 bits per heavy atom. The molecule has 17 heavy (non-hydrogen) atoms. The largest absolute Gasteiger partial charge is 0.508 e. The first kappa shape index (κ1) is 11.8. The van der Waals surface area contributed by atoms with Gasteiger partial charge in [-0.2, -0.15) is 0 Å². The highest BCUT2D eigenvalue weighted by molar-refractivity contribution is 8.15. The number of amides is 2. The highest BCUT2D eigenvalue weighted by Crippen LogP contribution is 2.29. The first-order valence-corrected chi connectivity index (χ1v) is 5.85. The molecule has 1 saturated heterocycles. The van der Waals surface area contributed by atoms with Gasteiger partial charge in [0.2, 0.25) is 5.91 Å². The summed E-state index contributed by atoms with van der Waals surface area (Å²) in [7, 11) is 1.51. The molecule has 0 spiro atoms. The fraction of sp³-hybridized carbons (Fsp3) is 0.273. The Labute approximate surface area is 102 Å². The lowest BCUT2D eigenvalue weighted by atomic mass is 10.1. The van der Waals surface area contributed by atoms with Crippen LogP contribution in [0.15, 0.2) is 18.2 Å². The van der Waals surface area contributed by atoms with Crippen molar-refractivity contribution >= 4 is 22.9 Å². The number of hydrogen-bond acceptors (Lipinski definition) is 5. The molecule has 0 bridgehead atoms. The molecule has 6 heteroatoms. The fourth-order valence-corrected chi connectivity index (χ4v) is 2.42. The molecule has 2 N–H and O–H groups in total. The number of carbonyl (C=O) groups is 2. The van der Waals surface area contributed by atoms with Gasteiger partial charge in [-0.1, -0.05) is 17.8 Å². The number of imide groups is 1. The second-order valence-electron chi connectivity index (χ2n) is 3.58. The number of thioether (sulfide) groups is 1. The van der Waals surface area contributed by atoms with Crippen LogP contribution < -0.4 is 10.1 Å². The summed E-state index contributed by atoms with van der Waals surface area (Å²) < 4.78 is 4.96. The first-order chi connectivity index (χ1) is 8.10. The Morgan fingerprint density at radius 3 is 2.76 bits per heavy atom. The van der Waals surface area contributed by atoms with E-state index >= 15 is 0 Å². The quantitative estimate of drug-likeness (QED) is 0.849. The van der Waals surface area contributed by atoms with Gasteiger partial charge in [0.05, 0.1) is 12.4 Å². The molecule has 2 rings (SSSR count). The summed E-state index contributed by atoms with van der Waals surface area (Å²) >= 11 is 0.945. The van der Waals surface area contributed by atoms with Crippen LogP contribution in [-0.2, 0) is 11.2 Å². The topological polar surface area (TPSA) is 75.6 Å². The minimum Gasteiger partial charge on any atom is -0.508 e. The lowest BCUT2D eigenvalue weighted by Crippen LogP contribution is -2.25. The Kier molecular flexibility index (Phi) is 3.23. The molecular weight excluding hydrogens is 242 g/mol. The minimum atomic E-state index is -0.471. The lowest BCUT2D eigenvalue weighted by molar-refractivity contribution is -0.118. The maximum absolute atomic E-state index is 11.4.